The lowest BCUT2D eigenvalue weighted by molar-refractivity contribution is 0.0228. The lowest BCUT2D eigenvalue weighted by Gasteiger charge is -2.07. The highest BCUT2D eigenvalue weighted by Gasteiger charge is 2.01. The maximum Gasteiger partial charge on any atom is 0.118 e. The third-order valence-corrected chi connectivity index (χ3v) is 2.88. The van der Waals surface area contributed by atoms with Crippen molar-refractivity contribution < 1.29 is 14.2 Å². The van der Waals surface area contributed by atoms with Crippen molar-refractivity contribution in [1.29, 1.82) is 0 Å². The fourth-order valence-corrected chi connectivity index (χ4v) is 1.78. The molecule has 3 heteroatoms. The first-order valence-corrected chi connectivity index (χ1v) is 7.13. The Hall–Kier alpha value is -0.150. The summed E-state index contributed by atoms with van der Waals surface area (Å²) in [4.78, 5) is 0. The molecule has 0 amide bonds. The highest BCUT2D eigenvalue weighted by molar-refractivity contribution is 4.50. The molecule has 0 rings (SSSR count). The zero-order chi connectivity index (χ0) is 12.8. The normalized spacial score (nSPS) is 12.9. The number of ether oxygens (including phenoxy) is 1. The van der Waals surface area contributed by atoms with Crippen molar-refractivity contribution in [2.45, 2.75) is 70.8 Å². The van der Waals surface area contributed by atoms with Crippen LogP contribution in [0.3, 0.4) is 0 Å². The molecule has 2 nitrogen and oxygen atoms in total. The Balaban J connectivity index is 2.94. The van der Waals surface area contributed by atoms with E-state index in [4.69, 9.17) is 9.84 Å². The molecule has 0 bridgehead atoms. The van der Waals surface area contributed by atoms with Crippen LogP contribution in [0.2, 0.25) is 0 Å². The standard InChI is InChI=1S/C14H29FO2/c1-2-3-4-5-6-7-8-9-10-11-17-13-14(16)12-15/h14,16H,2-13H2,1H3. The zero-order valence-electron chi connectivity index (χ0n) is 11.3. The van der Waals surface area contributed by atoms with Gasteiger partial charge in [-0.3, -0.25) is 0 Å². The van der Waals surface area contributed by atoms with Crippen LogP contribution in [0.4, 0.5) is 4.39 Å². The summed E-state index contributed by atoms with van der Waals surface area (Å²) in [6, 6.07) is 0. The molecule has 0 aromatic rings. The van der Waals surface area contributed by atoms with Gasteiger partial charge in [0.05, 0.1) is 6.61 Å². The number of aliphatic hydroxyl groups is 1. The third kappa shape index (κ3) is 13.8. The lowest BCUT2D eigenvalue weighted by atomic mass is 10.1. The van der Waals surface area contributed by atoms with Crippen LogP contribution >= 0.6 is 0 Å². The summed E-state index contributed by atoms with van der Waals surface area (Å²) in [6.45, 7) is 2.30. The van der Waals surface area contributed by atoms with E-state index in [2.05, 4.69) is 6.92 Å². The van der Waals surface area contributed by atoms with Crippen LogP contribution in [0.15, 0.2) is 0 Å². The van der Waals surface area contributed by atoms with E-state index in [1.807, 2.05) is 0 Å². The summed E-state index contributed by atoms with van der Waals surface area (Å²) in [5, 5.41) is 8.90. The van der Waals surface area contributed by atoms with E-state index in [1.165, 1.54) is 51.4 Å². The van der Waals surface area contributed by atoms with Crippen LogP contribution in [0.5, 0.6) is 0 Å². The van der Waals surface area contributed by atoms with E-state index in [-0.39, 0.29) is 6.61 Å². The SMILES string of the molecule is CCCCCCCCCCCOCC(O)CF. The molecule has 0 aliphatic carbocycles. The molecular weight excluding hydrogens is 219 g/mol. The molecule has 1 unspecified atom stereocenters. The number of hydrogen-bond acceptors (Lipinski definition) is 2. The summed E-state index contributed by atoms with van der Waals surface area (Å²) in [7, 11) is 0. The van der Waals surface area contributed by atoms with Gasteiger partial charge in [0.2, 0.25) is 0 Å². The maximum absolute atomic E-state index is 11.9. The van der Waals surface area contributed by atoms with Crippen LogP contribution in [-0.4, -0.2) is 31.1 Å². The molecule has 0 aliphatic rings. The minimum absolute atomic E-state index is 0.132. The summed E-state index contributed by atoms with van der Waals surface area (Å²) >= 11 is 0. The number of alkyl halides is 1. The maximum atomic E-state index is 11.9. The predicted molar refractivity (Wildman–Crippen MR) is 70.0 cm³/mol. The molecule has 0 fully saturated rings. The molecule has 0 aromatic heterocycles. The van der Waals surface area contributed by atoms with Crippen molar-refractivity contribution in [2.24, 2.45) is 0 Å². The van der Waals surface area contributed by atoms with E-state index >= 15 is 0 Å². The van der Waals surface area contributed by atoms with Crippen LogP contribution in [-0.2, 0) is 4.74 Å². The van der Waals surface area contributed by atoms with Gasteiger partial charge in [-0.25, -0.2) is 4.39 Å². The molecule has 1 atom stereocenters. The average molecular weight is 248 g/mol. The van der Waals surface area contributed by atoms with E-state index in [1.54, 1.807) is 0 Å². The molecule has 104 valence electrons. The summed E-state index contributed by atoms with van der Waals surface area (Å²) < 4.78 is 17.0. The Kier molecular flexibility index (Phi) is 13.8. The van der Waals surface area contributed by atoms with Gasteiger partial charge in [0.15, 0.2) is 0 Å². The zero-order valence-corrected chi connectivity index (χ0v) is 11.3. The van der Waals surface area contributed by atoms with E-state index in [9.17, 15) is 4.39 Å². The quantitative estimate of drug-likeness (QED) is 0.501. The van der Waals surface area contributed by atoms with Crippen LogP contribution in [0.1, 0.15) is 64.7 Å². The van der Waals surface area contributed by atoms with Gasteiger partial charge < -0.3 is 9.84 Å². The second kappa shape index (κ2) is 13.9. The summed E-state index contributed by atoms with van der Waals surface area (Å²) in [6.07, 6.45) is 10.6. The summed E-state index contributed by atoms with van der Waals surface area (Å²) in [5.41, 5.74) is 0. The Morgan fingerprint density at radius 1 is 0.941 bits per heavy atom. The summed E-state index contributed by atoms with van der Waals surface area (Å²) in [5.74, 6) is 0. The second-order valence-electron chi connectivity index (χ2n) is 4.71. The van der Waals surface area contributed by atoms with Gasteiger partial charge in [-0.1, -0.05) is 58.3 Å². The first-order chi connectivity index (χ1) is 8.31. The predicted octanol–water partition coefficient (Wildman–Crippen LogP) is 3.86. The van der Waals surface area contributed by atoms with E-state index in [0.29, 0.717) is 6.61 Å². The highest BCUT2D eigenvalue weighted by Crippen LogP contribution is 2.09. The monoisotopic (exact) mass is 248 g/mol. The molecule has 17 heavy (non-hydrogen) atoms. The van der Waals surface area contributed by atoms with Crippen molar-refractivity contribution >= 4 is 0 Å². The van der Waals surface area contributed by atoms with Gasteiger partial charge in [-0.15, -0.1) is 0 Å². The average Bonchev–Trinajstić information content (AvgIpc) is 2.35. The fraction of sp³-hybridized carbons (Fsp3) is 1.00. The van der Waals surface area contributed by atoms with Crippen LogP contribution in [0, 0.1) is 0 Å². The first-order valence-electron chi connectivity index (χ1n) is 7.13. The number of rotatable bonds is 13. The van der Waals surface area contributed by atoms with Gasteiger partial charge in [0, 0.05) is 6.61 Å². The van der Waals surface area contributed by atoms with Crippen LogP contribution in [0.25, 0.3) is 0 Å². The lowest BCUT2D eigenvalue weighted by Crippen LogP contribution is -2.17. The second-order valence-corrected chi connectivity index (χ2v) is 4.71. The van der Waals surface area contributed by atoms with Crippen molar-refractivity contribution in [3.05, 3.63) is 0 Å². The number of aliphatic hydroxyl groups excluding tert-OH is 1. The van der Waals surface area contributed by atoms with E-state index < -0.39 is 12.8 Å². The van der Waals surface area contributed by atoms with Gasteiger partial charge >= 0.3 is 0 Å². The molecular formula is C14H29FO2. The van der Waals surface area contributed by atoms with Crippen molar-refractivity contribution in [3.63, 3.8) is 0 Å². The van der Waals surface area contributed by atoms with E-state index in [0.717, 1.165) is 6.42 Å². The molecule has 0 spiro atoms. The van der Waals surface area contributed by atoms with Gasteiger partial charge in [0.25, 0.3) is 0 Å². The van der Waals surface area contributed by atoms with Crippen molar-refractivity contribution in [3.8, 4) is 0 Å². The molecule has 1 N–H and O–H groups in total. The molecule has 0 radical (unpaired) electrons. The molecule has 0 aliphatic heterocycles. The topological polar surface area (TPSA) is 29.5 Å². The number of halogens is 1. The van der Waals surface area contributed by atoms with Crippen LogP contribution < -0.4 is 0 Å². The highest BCUT2D eigenvalue weighted by atomic mass is 19.1. The fourth-order valence-electron chi connectivity index (χ4n) is 1.78. The van der Waals surface area contributed by atoms with Gasteiger partial charge in [0.1, 0.15) is 12.8 Å². The van der Waals surface area contributed by atoms with Crippen molar-refractivity contribution in [1.82, 2.24) is 0 Å². The first kappa shape index (κ1) is 16.9. The third-order valence-electron chi connectivity index (χ3n) is 2.88. The van der Waals surface area contributed by atoms with Gasteiger partial charge in [-0.05, 0) is 6.42 Å². The Morgan fingerprint density at radius 3 is 2.00 bits per heavy atom. The number of unbranched alkanes of at least 4 members (excludes halogenated alkanes) is 8. The molecule has 0 heterocycles. The largest absolute Gasteiger partial charge is 0.388 e. The minimum atomic E-state index is -0.937. The minimum Gasteiger partial charge on any atom is -0.388 e. The Morgan fingerprint density at radius 2 is 1.47 bits per heavy atom. The Labute approximate surface area is 106 Å². The Bertz CT molecular complexity index is 142. The molecule has 0 aromatic carbocycles. The smallest absolute Gasteiger partial charge is 0.118 e. The molecule has 0 saturated heterocycles. The number of hydrogen-bond donors (Lipinski definition) is 1. The van der Waals surface area contributed by atoms with Gasteiger partial charge in [-0.2, -0.15) is 0 Å². The van der Waals surface area contributed by atoms with Crippen molar-refractivity contribution in [2.75, 3.05) is 19.9 Å². The molecule has 0 saturated carbocycles.